The number of hydrogen-bond acceptors (Lipinski definition) is 3. The van der Waals surface area contributed by atoms with E-state index in [4.69, 9.17) is 4.74 Å². The minimum Gasteiger partial charge on any atom is -0.393 e. The van der Waals surface area contributed by atoms with E-state index < -0.39 is 0 Å². The zero-order valence-electron chi connectivity index (χ0n) is 11.3. The molecule has 104 valence electrons. The van der Waals surface area contributed by atoms with Gasteiger partial charge in [-0.2, -0.15) is 0 Å². The van der Waals surface area contributed by atoms with E-state index in [9.17, 15) is 9.90 Å². The summed E-state index contributed by atoms with van der Waals surface area (Å²) in [5.74, 6) is 0.491. The average molecular weight is 255 g/mol. The smallest absolute Gasteiger partial charge is 0.225 e. The van der Waals surface area contributed by atoms with Crippen LogP contribution in [-0.4, -0.2) is 48.3 Å². The van der Waals surface area contributed by atoms with Gasteiger partial charge < -0.3 is 14.7 Å². The van der Waals surface area contributed by atoms with Gasteiger partial charge in [0.15, 0.2) is 0 Å². The third-order valence-corrected chi connectivity index (χ3v) is 4.42. The molecule has 1 aliphatic carbocycles. The van der Waals surface area contributed by atoms with Crippen molar-refractivity contribution in [3.63, 3.8) is 0 Å². The van der Waals surface area contributed by atoms with Crippen molar-refractivity contribution in [2.24, 2.45) is 5.92 Å². The van der Waals surface area contributed by atoms with Gasteiger partial charge in [-0.3, -0.25) is 4.79 Å². The second-order valence-electron chi connectivity index (χ2n) is 5.56. The molecule has 1 N–H and O–H groups in total. The Morgan fingerprint density at radius 2 is 2.06 bits per heavy atom. The molecule has 0 aromatic rings. The third kappa shape index (κ3) is 3.04. The van der Waals surface area contributed by atoms with E-state index >= 15 is 0 Å². The van der Waals surface area contributed by atoms with Crippen molar-refractivity contribution in [3.05, 3.63) is 0 Å². The Kier molecular flexibility index (Phi) is 5.01. The number of methoxy groups -OCH3 is 1. The van der Waals surface area contributed by atoms with E-state index in [0.29, 0.717) is 18.9 Å². The standard InChI is InChI=1S/C14H25NO3/c1-18-10-8-14(17)15-9-4-6-12(15)11-5-2-3-7-13(11)16/h11-13,16H,2-10H2,1H3/t11-,12+,13-/m0/s1. The monoisotopic (exact) mass is 255 g/mol. The minimum absolute atomic E-state index is 0.192. The SMILES string of the molecule is COCCC(=O)N1CCC[C@@H]1[C@@H]1CCCC[C@@H]1O. The van der Waals surface area contributed by atoms with E-state index in [1.54, 1.807) is 7.11 Å². The fraction of sp³-hybridized carbons (Fsp3) is 0.929. The zero-order valence-corrected chi connectivity index (χ0v) is 11.3. The summed E-state index contributed by atoms with van der Waals surface area (Å²) in [5, 5.41) is 10.1. The van der Waals surface area contributed by atoms with Crippen molar-refractivity contribution in [2.45, 2.75) is 57.1 Å². The summed E-state index contributed by atoms with van der Waals surface area (Å²) in [6.45, 7) is 1.35. The average Bonchev–Trinajstić information content (AvgIpc) is 2.85. The van der Waals surface area contributed by atoms with Gasteiger partial charge in [-0.05, 0) is 25.7 Å². The number of aliphatic hydroxyl groups excluding tert-OH is 1. The van der Waals surface area contributed by atoms with Crippen LogP contribution < -0.4 is 0 Å². The quantitative estimate of drug-likeness (QED) is 0.829. The summed E-state index contributed by atoms with van der Waals surface area (Å²) < 4.78 is 4.98. The summed E-state index contributed by atoms with van der Waals surface area (Å²) >= 11 is 0. The molecule has 1 saturated heterocycles. The molecule has 1 aliphatic heterocycles. The van der Waals surface area contributed by atoms with Gasteiger partial charge in [0.2, 0.25) is 5.91 Å². The molecule has 0 unspecified atom stereocenters. The van der Waals surface area contributed by atoms with Crippen LogP contribution in [0.3, 0.4) is 0 Å². The molecule has 1 saturated carbocycles. The molecule has 18 heavy (non-hydrogen) atoms. The Bertz CT molecular complexity index is 282. The van der Waals surface area contributed by atoms with E-state index in [0.717, 1.165) is 38.6 Å². The number of carbonyl (C=O) groups is 1. The van der Waals surface area contributed by atoms with Crippen LogP contribution in [0.4, 0.5) is 0 Å². The summed E-state index contributed by atoms with van der Waals surface area (Å²) in [7, 11) is 1.62. The highest BCUT2D eigenvalue weighted by Crippen LogP contribution is 2.34. The van der Waals surface area contributed by atoms with Gasteiger partial charge in [0.1, 0.15) is 0 Å². The zero-order chi connectivity index (χ0) is 13.0. The van der Waals surface area contributed by atoms with Gasteiger partial charge in [-0.25, -0.2) is 0 Å². The van der Waals surface area contributed by atoms with Crippen LogP contribution in [0.25, 0.3) is 0 Å². The number of likely N-dealkylation sites (tertiary alicyclic amines) is 1. The molecular formula is C14H25NO3. The van der Waals surface area contributed by atoms with Crippen LogP contribution in [0, 0.1) is 5.92 Å². The van der Waals surface area contributed by atoms with E-state index in [1.165, 1.54) is 6.42 Å². The number of nitrogens with zero attached hydrogens (tertiary/aromatic N) is 1. The number of carbonyl (C=O) groups excluding carboxylic acids is 1. The number of hydrogen-bond donors (Lipinski definition) is 1. The normalized spacial score (nSPS) is 32.8. The molecule has 0 spiro atoms. The van der Waals surface area contributed by atoms with Gasteiger partial charge in [0.25, 0.3) is 0 Å². The Balaban J connectivity index is 1.95. The first-order chi connectivity index (χ1) is 8.74. The molecule has 4 heteroatoms. The maximum atomic E-state index is 12.1. The first-order valence-corrected chi connectivity index (χ1v) is 7.20. The molecular weight excluding hydrogens is 230 g/mol. The van der Waals surface area contributed by atoms with Crippen molar-refractivity contribution in [3.8, 4) is 0 Å². The number of rotatable bonds is 4. The van der Waals surface area contributed by atoms with E-state index in [2.05, 4.69) is 0 Å². The maximum absolute atomic E-state index is 12.1. The molecule has 1 heterocycles. The van der Waals surface area contributed by atoms with Crippen LogP contribution in [0.5, 0.6) is 0 Å². The molecule has 2 fully saturated rings. The van der Waals surface area contributed by atoms with Crippen LogP contribution in [0.15, 0.2) is 0 Å². The summed E-state index contributed by atoms with van der Waals surface area (Å²) in [6, 6.07) is 0.268. The van der Waals surface area contributed by atoms with Gasteiger partial charge in [0, 0.05) is 25.6 Å². The van der Waals surface area contributed by atoms with Crippen molar-refractivity contribution < 1.29 is 14.6 Å². The molecule has 4 nitrogen and oxygen atoms in total. The van der Waals surface area contributed by atoms with Gasteiger partial charge in [-0.15, -0.1) is 0 Å². The van der Waals surface area contributed by atoms with Crippen molar-refractivity contribution in [1.29, 1.82) is 0 Å². The van der Waals surface area contributed by atoms with Gasteiger partial charge in [0.05, 0.1) is 19.1 Å². The Morgan fingerprint density at radius 3 is 2.78 bits per heavy atom. The van der Waals surface area contributed by atoms with Gasteiger partial charge >= 0.3 is 0 Å². The van der Waals surface area contributed by atoms with Crippen molar-refractivity contribution in [2.75, 3.05) is 20.3 Å². The van der Waals surface area contributed by atoms with Crippen molar-refractivity contribution in [1.82, 2.24) is 4.90 Å². The predicted octanol–water partition coefficient (Wildman–Crippen LogP) is 1.56. The Hall–Kier alpha value is -0.610. The Labute approximate surface area is 109 Å². The molecule has 2 aliphatic rings. The highest BCUT2D eigenvalue weighted by Gasteiger charge is 2.38. The first-order valence-electron chi connectivity index (χ1n) is 7.20. The highest BCUT2D eigenvalue weighted by atomic mass is 16.5. The lowest BCUT2D eigenvalue weighted by Crippen LogP contribution is -2.45. The summed E-state index contributed by atoms with van der Waals surface area (Å²) in [4.78, 5) is 14.1. The maximum Gasteiger partial charge on any atom is 0.225 e. The van der Waals surface area contributed by atoms with Crippen LogP contribution >= 0.6 is 0 Å². The summed E-state index contributed by atoms with van der Waals surface area (Å²) in [5.41, 5.74) is 0. The second-order valence-corrected chi connectivity index (χ2v) is 5.56. The highest BCUT2D eigenvalue weighted by molar-refractivity contribution is 5.77. The Morgan fingerprint density at radius 1 is 1.28 bits per heavy atom. The lowest BCUT2D eigenvalue weighted by atomic mass is 9.80. The van der Waals surface area contributed by atoms with E-state index in [-0.39, 0.29) is 18.1 Å². The largest absolute Gasteiger partial charge is 0.393 e. The fourth-order valence-corrected chi connectivity index (χ4v) is 3.47. The number of amides is 1. The molecule has 0 aromatic carbocycles. The first kappa shape index (κ1) is 13.8. The third-order valence-electron chi connectivity index (χ3n) is 4.42. The van der Waals surface area contributed by atoms with E-state index in [1.807, 2.05) is 4.90 Å². The lowest BCUT2D eigenvalue weighted by Gasteiger charge is -2.37. The van der Waals surface area contributed by atoms with Crippen LogP contribution in [-0.2, 0) is 9.53 Å². The number of ether oxygens (including phenoxy) is 1. The second kappa shape index (κ2) is 6.53. The van der Waals surface area contributed by atoms with Crippen LogP contribution in [0.2, 0.25) is 0 Å². The molecule has 0 aromatic heterocycles. The molecule has 3 atom stereocenters. The lowest BCUT2D eigenvalue weighted by molar-refractivity contribution is -0.135. The fourth-order valence-electron chi connectivity index (χ4n) is 3.47. The van der Waals surface area contributed by atoms with Crippen molar-refractivity contribution >= 4 is 5.91 Å². The molecule has 0 radical (unpaired) electrons. The molecule has 1 amide bonds. The number of aliphatic hydroxyl groups is 1. The topological polar surface area (TPSA) is 49.8 Å². The predicted molar refractivity (Wildman–Crippen MR) is 69.2 cm³/mol. The minimum atomic E-state index is -0.209. The molecule has 0 bridgehead atoms. The summed E-state index contributed by atoms with van der Waals surface area (Å²) in [6.07, 6.45) is 6.68. The van der Waals surface area contributed by atoms with Gasteiger partial charge in [-0.1, -0.05) is 12.8 Å². The van der Waals surface area contributed by atoms with Crippen LogP contribution in [0.1, 0.15) is 44.9 Å². The molecule has 2 rings (SSSR count).